The van der Waals surface area contributed by atoms with Gasteiger partial charge in [-0.15, -0.1) is 0 Å². The Kier molecular flexibility index (Phi) is 4.22. The van der Waals surface area contributed by atoms with Crippen LogP contribution in [0, 0.1) is 0 Å². The molecule has 1 atom stereocenters. The first-order chi connectivity index (χ1) is 11.3. The summed E-state index contributed by atoms with van der Waals surface area (Å²) in [5, 5.41) is 4.17. The van der Waals surface area contributed by atoms with Crippen LogP contribution in [0.15, 0.2) is 34.9 Å². The van der Waals surface area contributed by atoms with E-state index in [0.717, 1.165) is 24.1 Å². The van der Waals surface area contributed by atoms with Crippen LogP contribution in [0.1, 0.15) is 45.3 Å². The predicted octanol–water partition coefficient (Wildman–Crippen LogP) is 4.00. The van der Waals surface area contributed by atoms with Crippen LogP contribution in [0.4, 0.5) is 10.5 Å². The molecular weight excluding hydrogens is 306 g/mol. The Morgan fingerprint density at radius 2 is 2.17 bits per heavy atom. The van der Waals surface area contributed by atoms with Crippen molar-refractivity contribution < 1.29 is 14.1 Å². The topological polar surface area (TPSA) is 81.6 Å². The number of amides is 1. The number of carbonyl (C=O) groups excluding carboxylic acids is 1. The van der Waals surface area contributed by atoms with Crippen LogP contribution in [-0.4, -0.2) is 28.3 Å². The number of likely N-dealkylation sites (tertiary alicyclic amines) is 1. The highest BCUT2D eigenvalue weighted by Crippen LogP contribution is 2.34. The molecule has 0 spiro atoms. The van der Waals surface area contributed by atoms with E-state index in [1.165, 1.54) is 0 Å². The number of aromatic nitrogens is 1. The molecule has 6 nitrogen and oxygen atoms in total. The highest BCUT2D eigenvalue weighted by molar-refractivity contribution is 5.69. The molecule has 128 valence electrons. The summed E-state index contributed by atoms with van der Waals surface area (Å²) in [5.74, 6) is 0.647. The molecule has 0 bridgehead atoms. The minimum absolute atomic E-state index is 0.113. The molecule has 1 aliphatic heterocycles. The highest BCUT2D eigenvalue weighted by atomic mass is 16.6. The number of benzene rings is 1. The lowest BCUT2D eigenvalue weighted by atomic mass is 10.1. The molecule has 1 aromatic carbocycles. The van der Waals surface area contributed by atoms with Gasteiger partial charge in [-0.1, -0.05) is 17.3 Å². The zero-order valence-corrected chi connectivity index (χ0v) is 14.3. The van der Waals surface area contributed by atoms with Gasteiger partial charge in [-0.25, -0.2) is 4.79 Å². The highest BCUT2D eigenvalue weighted by Gasteiger charge is 2.35. The van der Waals surface area contributed by atoms with Crippen molar-refractivity contribution in [1.82, 2.24) is 10.1 Å². The molecule has 1 fully saturated rings. The molecule has 6 heteroatoms. The number of ether oxygens (including phenoxy) is 1. The van der Waals surface area contributed by atoms with Crippen molar-refractivity contribution in [1.29, 1.82) is 0 Å². The second kappa shape index (κ2) is 6.19. The fraction of sp³-hybridized carbons (Fsp3) is 0.444. The Balaban J connectivity index is 1.80. The van der Waals surface area contributed by atoms with E-state index < -0.39 is 5.60 Å². The molecule has 0 saturated carbocycles. The molecule has 1 aromatic heterocycles. The normalized spacial score (nSPS) is 18.0. The maximum Gasteiger partial charge on any atom is 0.410 e. The second-order valence-electron chi connectivity index (χ2n) is 7.07. The monoisotopic (exact) mass is 329 g/mol. The molecule has 0 radical (unpaired) electrons. The van der Waals surface area contributed by atoms with E-state index in [1.54, 1.807) is 4.90 Å². The van der Waals surface area contributed by atoms with Gasteiger partial charge in [-0.2, -0.15) is 0 Å². The summed E-state index contributed by atoms with van der Waals surface area (Å²) in [6, 6.07) is 9.21. The molecule has 1 amide bonds. The first-order valence-electron chi connectivity index (χ1n) is 8.16. The average Bonchev–Trinajstić information content (AvgIpc) is 3.14. The van der Waals surface area contributed by atoms with Gasteiger partial charge in [-0.05, 0) is 45.7 Å². The van der Waals surface area contributed by atoms with Gasteiger partial charge >= 0.3 is 6.09 Å². The van der Waals surface area contributed by atoms with Crippen molar-refractivity contribution in [3.8, 4) is 11.3 Å². The zero-order chi connectivity index (χ0) is 17.3. The summed E-state index contributed by atoms with van der Waals surface area (Å²) in [4.78, 5) is 14.1. The van der Waals surface area contributed by atoms with E-state index in [1.807, 2.05) is 51.1 Å². The predicted molar refractivity (Wildman–Crippen MR) is 91.3 cm³/mol. The first kappa shape index (κ1) is 16.4. The summed E-state index contributed by atoms with van der Waals surface area (Å²) in [6.07, 6.45) is 1.46. The molecule has 2 N–H and O–H groups in total. The third kappa shape index (κ3) is 3.53. The summed E-state index contributed by atoms with van der Waals surface area (Å²) in [6.45, 7) is 6.26. The number of nitrogens with zero attached hydrogens (tertiary/aromatic N) is 2. The maximum atomic E-state index is 12.4. The Bertz CT molecular complexity index is 733. The van der Waals surface area contributed by atoms with E-state index in [0.29, 0.717) is 18.0 Å². The summed E-state index contributed by atoms with van der Waals surface area (Å²) in [7, 11) is 0. The maximum absolute atomic E-state index is 12.4. The van der Waals surface area contributed by atoms with Crippen molar-refractivity contribution >= 4 is 11.8 Å². The van der Waals surface area contributed by atoms with Crippen LogP contribution in [0.5, 0.6) is 0 Å². The number of hydrogen-bond acceptors (Lipinski definition) is 5. The average molecular weight is 329 g/mol. The van der Waals surface area contributed by atoms with Crippen molar-refractivity contribution in [3.63, 3.8) is 0 Å². The summed E-state index contributed by atoms with van der Waals surface area (Å²) >= 11 is 0. The van der Waals surface area contributed by atoms with Crippen molar-refractivity contribution in [2.24, 2.45) is 0 Å². The Morgan fingerprint density at radius 3 is 2.88 bits per heavy atom. The number of nitrogen functional groups attached to an aromatic ring is 1. The lowest BCUT2D eigenvalue weighted by Gasteiger charge is -2.27. The smallest absolute Gasteiger partial charge is 0.410 e. The van der Waals surface area contributed by atoms with E-state index in [9.17, 15) is 4.79 Å². The van der Waals surface area contributed by atoms with Crippen molar-refractivity contribution in [2.75, 3.05) is 12.3 Å². The standard InChI is InChI=1S/C18H23N3O3/c1-18(2,3)23-17(22)21-9-5-8-15(21)14-11-16(24-20-14)12-6-4-7-13(19)10-12/h4,6-7,10-11,15H,5,8-9,19H2,1-3H3. The molecule has 0 aliphatic carbocycles. The van der Waals surface area contributed by atoms with Gasteiger partial charge in [-0.3, -0.25) is 4.90 Å². The lowest BCUT2D eigenvalue weighted by Crippen LogP contribution is -2.36. The van der Waals surface area contributed by atoms with Gasteiger partial charge in [0, 0.05) is 23.9 Å². The quantitative estimate of drug-likeness (QED) is 0.842. The van der Waals surface area contributed by atoms with Crippen molar-refractivity contribution in [2.45, 2.75) is 45.3 Å². The number of hydrogen-bond donors (Lipinski definition) is 1. The Hall–Kier alpha value is -2.50. The van der Waals surface area contributed by atoms with E-state index >= 15 is 0 Å². The van der Waals surface area contributed by atoms with Crippen LogP contribution >= 0.6 is 0 Å². The van der Waals surface area contributed by atoms with Crippen LogP contribution in [0.25, 0.3) is 11.3 Å². The van der Waals surface area contributed by atoms with E-state index in [2.05, 4.69) is 5.16 Å². The minimum atomic E-state index is -0.513. The molecule has 1 aliphatic rings. The van der Waals surface area contributed by atoms with Crippen LogP contribution < -0.4 is 5.73 Å². The first-order valence-corrected chi connectivity index (χ1v) is 8.16. The number of nitrogens with two attached hydrogens (primary N) is 1. The van der Waals surface area contributed by atoms with Crippen molar-refractivity contribution in [3.05, 3.63) is 36.0 Å². The minimum Gasteiger partial charge on any atom is -0.444 e. The molecule has 2 aromatic rings. The SMILES string of the molecule is CC(C)(C)OC(=O)N1CCCC1c1cc(-c2cccc(N)c2)on1. The van der Waals surface area contributed by atoms with E-state index in [4.69, 9.17) is 15.0 Å². The van der Waals surface area contributed by atoms with Gasteiger partial charge in [0.1, 0.15) is 11.3 Å². The lowest BCUT2D eigenvalue weighted by molar-refractivity contribution is 0.0219. The summed E-state index contributed by atoms with van der Waals surface area (Å²) < 4.78 is 11.0. The Labute approximate surface area is 141 Å². The molecule has 2 heterocycles. The van der Waals surface area contributed by atoms with Crippen LogP contribution in [-0.2, 0) is 4.74 Å². The van der Waals surface area contributed by atoms with Crippen LogP contribution in [0.3, 0.4) is 0 Å². The van der Waals surface area contributed by atoms with Crippen LogP contribution in [0.2, 0.25) is 0 Å². The molecule has 1 unspecified atom stereocenters. The molecule has 24 heavy (non-hydrogen) atoms. The second-order valence-corrected chi connectivity index (χ2v) is 7.07. The third-order valence-corrected chi connectivity index (χ3v) is 3.92. The van der Waals surface area contributed by atoms with Gasteiger partial charge in [0.2, 0.25) is 0 Å². The molecule has 3 rings (SSSR count). The fourth-order valence-electron chi connectivity index (χ4n) is 2.89. The van der Waals surface area contributed by atoms with Gasteiger partial charge in [0.15, 0.2) is 5.76 Å². The number of carbonyl (C=O) groups is 1. The molecular formula is C18H23N3O3. The zero-order valence-electron chi connectivity index (χ0n) is 14.3. The largest absolute Gasteiger partial charge is 0.444 e. The molecule has 1 saturated heterocycles. The number of rotatable bonds is 2. The van der Waals surface area contributed by atoms with E-state index in [-0.39, 0.29) is 12.1 Å². The number of anilines is 1. The third-order valence-electron chi connectivity index (χ3n) is 3.92. The Morgan fingerprint density at radius 1 is 1.38 bits per heavy atom. The van der Waals surface area contributed by atoms with Gasteiger partial charge in [0.05, 0.1) is 6.04 Å². The van der Waals surface area contributed by atoms with Gasteiger partial charge in [0.25, 0.3) is 0 Å². The fourth-order valence-corrected chi connectivity index (χ4v) is 2.89. The summed E-state index contributed by atoms with van der Waals surface area (Å²) in [5.41, 5.74) is 7.59. The van der Waals surface area contributed by atoms with Gasteiger partial charge < -0.3 is 15.0 Å².